The van der Waals surface area contributed by atoms with Crippen molar-refractivity contribution in [2.45, 2.75) is 18.6 Å². The third-order valence-electron chi connectivity index (χ3n) is 2.38. The second-order valence-corrected chi connectivity index (χ2v) is 4.20. The lowest BCUT2D eigenvalue weighted by Gasteiger charge is -2.13. The predicted molar refractivity (Wildman–Crippen MR) is 61.6 cm³/mol. The van der Waals surface area contributed by atoms with E-state index in [4.69, 9.17) is 0 Å². The molecule has 0 aliphatic carbocycles. The SMILES string of the molecule is Cl.FC1CCNC1c1ccc(Br)cc1. The number of rotatable bonds is 1. The Labute approximate surface area is 97.6 Å². The summed E-state index contributed by atoms with van der Waals surface area (Å²) in [6.45, 7) is 0.780. The fraction of sp³-hybridized carbons (Fsp3) is 0.400. The van der Waals surface area contributed by atoms with Crippen LogP contribution < -0.4 is 5.32 Å². The van der Waals surface area contributed by atoms with Gasteiger partial charge >= 0.3 is 0 Å². The second-order valence-electron chi connectivity index (χ2n) is 3.29. The summed E-state index contributed by atoms with van der Waals surface area (Å²) in [5.74, 6) is 0. The molecular weight excluding hydrogens is 268 g/mol. The molecule has 2 atom stereocenters. The Hall–Kier alpha value is -0.120. The van der Waals surface area contributed by atoms with Crippen LogP contribution in [0, 0.1) is 0 Å². The van der Waals surface area contributed by atoms with E-state index < -0.39 is 6.17 Å². The Morgan fingerprint density at radius 1 is 1.29 bits per heavy atom. The molecule has 1 aliphatic rings. The maximum atomic E-state index is 13.3. The molecular formula is C10H12BrClFN. The number of nitrogens with one attached hydrogen (secondary N) is 1. The molecule has 1 aromatic rings. The van der Waals surface area contributed by atoms with Crippen LogP contribution in [0.4, 0.5) is 4.39 Å². The van der Waals surface area contributed by atoms with Crippen LogP contribution in [-0.4, -0.2) is 12.7 Å². The van der Waals surface area contributed by atoms with E-state index in [0.29, 0.717) is 6.42 Å². The fourth-order valence-electron chi connectivity index (χ4n) is 1.67. The van der Waals surface area contributed by atoms with Crippen molar-refractivity contribution >= 4 is 28.3 Å². The zero-order valence-electron chi connectivity index (χ0n) is 7.54. The highest BCUT2D eigenvalue weighted by molar-refractivity contribution is 9.10. The highest BCUT2D eigenvalue weighted by atomic mass is 79.9. The second kappa shape index (κ2) is 5.10. The van der Waals surface area contributed by atoms with E-state index in [1.165, 1.54) is 0 Å². The van der Waals surface area contributed by atoms with Gasteiger partial charge in [-0.3, -0.25) is 0 Å². The normalized spacial score (nSPS) is 25.9. The predicted octanol–water partition coefficient (Wildman–Crippen LogP) is 3.24. The van der Waals surface area contributed by atoms with Crippen LogP contribution in [0.2, 0.25) is 0 Å². The molecule has 2 rings (SSSR count). The smallest absolute Gasteiger partial charge is 0.121 e. The molecule has 1 N–H and O–H groups in total. The van der Waals surface area contributed by atoms with Crippen molar-refractivity contribution in [2.75, 3.05) is 6.54 Å². The molecule has 14 heavy (non-hydrogen) atoms. The molecule has 1 nitrogen and oxygen atoms in total. The number of hydrogen-bond donors (Lipinski definition) is 1. The molecule has 1 saturated heterocycles. The highest BCUT2D eigenvalue weighted by Crippen LogP contribution is 2.26. The molecule has 0 aromatic heterocycles. The molecule has 78 valence electrons. The summed E-state index contributed by atoms with van der Waals surface area (Å²) < 4.78 is 14.3. The van der Waals surface area contributed by atoms with Crippen molar-refractivity contribution in [2.24, 2.45) is 0 Å². The molecule has 0 saturated carbocycles. The average Bonchev–Trinajstić information content (AvgIpc) is 2.53. The lowest BCUT2D eigenvalue weighted by atomic mass is 10.0. The van der Waals surface area contributed by atoms with Gasteiger partial charge in [-0.05, 0) is 30.7 Å². The van der Waals surface area contributed by atoms with E-state index in [-0.39, 0.29) is 18.4 Å². The summed E-state index contributed by atoms with van der Waals surface area (Å²) >= 11 is 3.35. The molecule has 0 spiro atoms. The fourth-order valence-corrected chi connectivity index (χ4v) is 1.93. The van der Waals surface area contributed by atoms with Crippen LogP contribution in [-0.2, 0) is 0 Å². The molecule has 0 bridgehead atoms. The lowest BCUT2D eigenvalue weighted by Crippen LogP contribution is -2.18. The van der Waals surface area contributed by atoms with Crippen LogP contribution in [0.3, 0.4) is 0 Å². The molecule has 0 amide bonds. The minimum Gasteiger partial charge on any atom is -0.307 e. The van der Waals surface area contributed by atoms with Gasteiger partial charge in [-0.25, -0.2) is 4.39 Å². The summed E-state index contributed by atoms with van der Waals surface area (Å²) in [5, 5.41) is 3.15. The quantitative estimate of drug-likeness (QED) is 0.833. The number of benzene rings is 1. The van der Waals surface area contributed by atoms with Gasteiger partial charge in [0.25, 0.3) is 0 Å². The number of alkyl halides is 1. The monoisotopic (exact) mass is 279 g/mol. The van der Waals surface area contributed by atoms with Gasteiger partial charge in [-0.1, -0.05) is 28.1 Å². The maximum Gasteiger partial charge on any atom is 0.121 e. The molecule has 0 radical (unpaired) electrons. The highest BCUT2D eigenvalue weighted by Gasteiger charge is 2.27. The Morgan fingerprint density at radius 2 is 1.93 bits per heavy atom. The van der Waals surface area contributed by atoms with Crippen LogP contribution >= 0.6 is 28.3 Å². The van der Waals surface area contributed by atoms with Gasteiger partial charge in [0, 0.05) is 4.47 Å². The maximum absolute atomic E-state index is 13.3. The van der Waals surface area contributed by atoms with Crippen molar-refractivity contribution in [1.82, 2.24) is 5.32 Å². The summed E-state index contributed by atoms with van der Waals surface area (Å²) in [4.78, 5) is 0. The van der Waals surface area contributed by atoms with Crippen LogP contribution in [0.5, 0.6) is 0 Å². The Bertz CT molecular complexity index is 291. The summed E-state index contributed by atoms with van der Waals surface area (Å²) in [6, 6.07) is 7.71. The summed E-state index contributed by atoms with van der Waals surface area (Å²) in [7, 11) is 0. The molecule has 1 aliphatic heterocycles. The van der Waals surface area contributed by atoms with Crippen molar-refractivity contribution in [3.63, 3.8) is 0 Å². The molecule has 1 heterocycles. The van der Waals surface area contributed by atoms with Gasteiger partial charge in [0.1, 0.15) is 6.17 Å². The largest absolute Gasteiger partial charge is 0.307 e. The first-order chi connectivity index (χ1) is 6.27. The van der Waals surface area contributed by atoms with Gasteiger partial charge in [-0.15, -0.1) is 12.4 Å². The zero-order chi connectivity index (χ0) is 9.26. The van der Waals surface area contributed by atoms with Crippen molar-refractivity contribution in [1.29, 1.82) is 0 Å². The Morgan fingerprint density at radius 3 is 2.43 bits per heavy atom. The van der Waals surface area contributed by atoms with Crippen LogP contribution in [0.1, 0.15) is 18.0 Å². The van der Waals surface area contributed by atoms with Gasteiger partial charge in [0.15, 0.2) is 0 Å². The van der Waals surface area contributed by atoms with Crippen LogP contribution in [0.15, 0.2) is 28.7 Å². The Balaban J connectivity index is 0.000000980. The van der Waals surface area contributed by atoms with Crippen molar-refractivity contribution in [3.8, 4) is 0 Å². The third-order valence-corrected chi connectivity index (χ3v) is 2.90. The molecule has 4 heteroatoms. The van der Waals surface area contributed by atoms with E-state index in [1.54, 1.807) is 0 Å². The van der Waals surface area contributed by atoms with Gasteiger partial charge in [0.2, 0.25) is 0 Å². The van der Waals surface area contributed by atoms with E-state index in [1.807, 2.05) is 24.3 Å². The lowest BCUT2D eigenvalue weighted by molar-refractivity contribution is 0.304. The third kappa shape index (κ3) is 2.47. The number of halogens is 3. The molecule has 1 aromatic carbocycles. The van der Waals surface area contributed by atoms with Gasteiger partial charge < -0.3 is 5.32 Å². The van der Waals surface area contributed by atoms with E-state index >= 15 is 0 Å². The van der Waals surface area contributed by atoms with E-state index in [0.717, 1.165) is 16.6 Å². The summed E-state index contributed by atoms with van der Waals surface area (Å²) in [6.07, 6.45) is -0.109. The molecule has 2 unspecified atom stereocenters. The topological polar surface area (TPSA) is 12.0 Å². The zero-order valence-corrected chi connectivity index (χ0v) is 9.94. The minimum absolute atomic E-state index is 0. The first-order valence-corrected chi connectivity index (χ1v) is 5.19. The standard InChI is InChI=1S/C10H11BrFN.ClH/c11-8-3-1-7(2-4-8)10-9(12)5-6-13-10;/h1-4,9-10,13H,5-6H2;1H. The summed E-state index contributed by atoms with van der Waals surface area (Å²) in [5.41, 5.74) is 1.04. The van der Waals surface area contributed by atoms with Crippen LogP contribution in [0.25, 0.3) is 0 Å². The number of hydrogen-bond acceptors (Lipinski definition) is 1. The van der Waals surface area contributed by atoms with E-state index in [9.17, 15) is 4.39 Å². The average molecular weight is 281 g/mol. The first-order valence-electron chi connectivity index (χ1n) is 4.40. The molecule has 1 fully saturated rings. The van der Waals surface area contributed by atoms with E-state index in [2.05, 4.69) is 21.2 Å². The van der Waals surface area contributed by atoms with Gasteiger partial charge in [0.05, 0.1) is 6.04 Å². The minimum atomic E-state index is -0.735. The van der Waals surface area contributed by atoms with Crippen molar-refractivity contribution < 1.29 is 4.39 Å². The first kappa shape index (κ1) is 12.0. The Kier molecular flexibility index (Phi) is 4.35. The van der Waals surface area contributed by atoms with Crippen molar-refractivity contribution in [3.05, 3.63) is 34.3 Å². The van der Waals surface area contributed by atoms with Gasteiger partial charge in [-0.2, -0.15) is 0 Å².